The molecule has 0 aliphatic rings. The highest BCUT2D eigenvalue weighted by molar-refractivity contribution is 9.10. The number of nitrogens with one attached hydrogen (secondary N) is 1. The van der Waals surface area contributed by atoms with Crippen molar-refractivity contribution in [3.63, 3.8) is 0 Å². The number of rotatable bonds is 6. The first-order chi connectivity index (χ1) is 11.5. The molecule has 3 N–H and O–H groups in total. The molecule has 130 valence electrons. The molecule has 2 aromatic rings. The second-order valence-electron chi connectivity index (χ2n) is 5.03. The standard InChI is InChI=1S/C10H11BrClNO.C8H10BrN/c11-9-3-1-2-8(6-9)4-5-13-10(14)7-12;9-8-3-1-2-7(6-8)4-5-10/h1-3,6H,4-5,7H2,(H,13,14);1-3,6H,4-5,10H2. The third-order valence-electron chi connectivity index (χ3n) is 3.07. The number of hydrogen-bond donors (Lipinski definition) is 2. The van der Waals surface area contributed by atoms with Crippen molar-refractivity contribution in [3.05, 3.63) is 68.6 Å². The van der Waals surface area contributed by atoms with Crippen LogP contribution in [0.4, 0.5) is 0 Å². The van der Waals surface area contributed by atoms with Crippen LogP contribution in [-0.2, 0) is 17.6 Å². The van der Waals surface area contributed by atoms with Crippen molar-refractivity contribution in [2.24, 2.45) is 5.73 Å². The average molecular weight is 477 g/mol. The number of halogens is 3. The van der Waals surface area contributed by atoms with Crippen molar-refractivity contribution < 1.29 is 4.79 Å². The third kappa shape index (κ3) is 9.42. The number of carbonyl (C=O) groups excluding carboxylic acids is 1. The van der Waals surface area contributed by atoms with Gasteiger partial charge in [0.05, 0.1) is 0 Å². The topological polar surface area (TPSA) is 55.1 Å². The maximum absolute atomic E-state index is 10.8. The van der Waals surface area contributed by atoms with Crippen LogP contribution in [0.2, 0.25) is 0 Å². The number of alkyl halides is 1. The molecule has 0 saturated heterocycles. The minimum absolute atomic E-state index is 0.0263. The summed E-state index contributed by atoms with van der Waals surface area (Å²) in [5.41, 5.74) is 7.87. The first kappa shape index (κ1) is 21.2. The van der Waals surface area contributed by atoms with Gasteiger partial charge in [-0.3, -0.25) is 4.79 Å². The van der Waals surface area contributed by atoms with Gasteiger partial charge >= 0.3 is 0 Å². The Morgan fingerprint density at radius 1 is 1.00 bits per heavy atom. The summed E-state index contributed by atoms with van der Waals surface area (Å²) in [6.45, 7) is 1.35. The highest BCUT2D eigenvalue weighted by Crippen LogP contribution is 2.12. The normalized spacial score (nSPS) is 9.83. The summed E-state index contributed by atoms with van der Waals surface area (Å²) in [6, 6.07) is 16.2. The zero-order valence-corrected chi connectivity index (χ0v) is 17.2. The third-order valence-corrected chi connectivity index (χ3v) is 4.30. The van der Waals surface area contributed by atoms with Crippen LogP contribution in [-0.4, -0.2) is 24.9 Å². The van der Waals surface area contributed by atoms with E-state index in [1.54, 1.807) is 0 Å². The molecule has 0 heterocycles. The lowest BCUT2D eigenvalue weighted by Crippen LogP contribution is -2.26. The van der Waals surface area contributed by atoms with E-state index in [-0.39, 0.29) is 11.8 Å². The van der Waals surface area contributed by atoms with Gasteiger partial charge in [-0.2, -0.15) is 0 Å². The van der Waals surface area contributed by atoms with Gasteiger partial charge < -0.3 is 11.1 Å². The average Bonchev–Trinajstić information content (AvgIpc) is 2.56. The van der Waals surface area contributed by atoms with Crippen LogP contribution in [0.15, 0.2) is 57.5 Å². The Labute approximate surface area is 165 Å². The molecule has 0 radical (unpaired) electrons. The van der Waals surface area contributed by atoms with E-state index in [1.807, 2.05) is 36.4 Å². The molecule has 0 saturated carbocycles. The Kier molecular flexibility index (Phi) is 11.0. The lowest BCUT2D eigenvalue weighted by atomic mass is 10.1. The summed E-state index contributed by atoms with van der Waals surface area (Å²) >= 11 is 12.1. The summed E-state index contributed by atoms with van der Waals surface area (Å²) in [5, 5.41) is 2.71. The predicted molar refractivity (Wildman–Crippen MR) is 108 cm³/mol. The quantitative estimate of drug-likeness (QED) is 0.611. The largest absolute Gasteiger partial charge is 0.355 e. The Morgan fingerprint density at radius 3 is 2.00 bits per heavy atom. The fourth-order valence-electron chi connectivity index (χ4n) is 1.95. The van der Waals surface area contributed by atoms with Crippen LogP contribution < -0.4 is 11.1 Å². The number of nitrogens with two attached hydrogens (primary N) is 1. The maximum Gasteiger partial charge on any atom is 0.234 e. The first-order valence-electron chi connectivity index (χ1n) is 7.56. The zero-order chi connectivity index (χ0) is 17.8. The fraction of sp³-hybridized carbons (Fsp3) is 0.278. The Hall–Kier alpha value is -0.880. The number of hydrogen-bond acceptors (Lipinski definition) is 2. The van der Waals surface area contributed by atoms with Crippen molar-refractivity contribution in [3.8, 4) is 0 Å². The van der Waals surface area contributed by atoms with Gasteiger partial charge in [0, 0.05) is 15.5 Å². The van der Waals surface area contributed by atoms with E-state index in [2.05, 4.69) is 49.3 Å². The Bertz CT molecular complexity index is 638. The molecule has 0 atom stereocenters. The molecule has 0 aliphatic heterocycles. The fourth-order valence-corrected chi connectivity index (χ4v) is 2.93. The van der Waals surface area contributed by atoms with Gasteiger partial charge in [0.2, 0.25) is 5.91 Å². The molecule has 3 nitrogen and oxygen atoms in total. The van der Waals surface area contributed by atoms with Gasteiger partial charge in [0.1, 0.15) is 5.88 Å². The number of benzene rings is 2. The minimum atomic E-state index is -0.123. The monoisotopic (exact) mass is 474 g/mol. The summed E-state index contributed by atoms with van der Waals surface area (Å²) in [5.74, 6) is -0.0972. The summed E-state index contributed by atoms with van der Waals surface area (Å²) in [4.78, 5) is 10.8. The molecule has 0 aliphatic carbocycles. The molecule has 0 bridgehead atoms. The Balaban J connectivity index is 0.000000254. The van der Waals surface area contributed by atoms with Gasteiger partial charge in [0.15, 0.2) is 0 Å². The highest BCUT2D eigenvalue weighted by Gasteiger charge is 1.98. The van der Waals surface area contributed by atoms with E-state index < -0.39 is 0 Å². The van der Waals surface area contributed by atoms with Gasteiger partial charge in [0.25, 0.3) is 0 Å². The van der Waals surface area contributed by atoms with Crippen molar-refractivity contribution in [2.45, 2.75) is 12.8 Å². The smallest absolute Gasteiger partial charge is 0.234 e. The van der Waals surface area contributed by atoms with Crippen LogP contribution in [0.25, 0.3) is 0 Å². The van der Waals surface area contributed by atoms with Gasteiger partial charge in [-0.25, -0.2) is 0 Å². The van der Waals surface area contributed by atoms with Gasteiger partial charge in [-0.15, -0.1) is 11.6 Å². The lowest BCUT2D eigenvalue weighted by Gasteiger charge is -2.03. The van der Waals surface area contributed by atoms with E-state index in [0.29, 0.717) is 6.54 Å². The van der Waals surface area contributed by atoms with Crippen molar-refractivity contribution in [1.82, 2.24) is 5.32 Å². The molecule has 2 rings (SSSR count). The number of carbonyl (C=O) groups is 1. The van der Waals surface area contributed by atoms with Gasteiger partial charge in [-0.05, 0) is 54.8 Å². The summed E-state index contributed by atoms with van der Waals surface area (Å²) < 4.78 is 2.18. The molecule has 0 spiro atoms. The predicted octanol–water partition coefficient (Wildman–Crippen LogP) is 4.30. The van der Waals surface area contributed by atoms with Crippen LogP contribution in [0, 0.1) is 0 Å². The molecule has 0 aromatic heterocycles. The van der Waals surface area contributed by atoms with Crippen LogP contribution in [0.1, 0.15) is 11.1 Å². The first-order valence-corrected chi connectivity index (χ1v) is 9.69. The minimum Gasteiger partial charge on any atom is -0.355 e. The number of amides is 1. The van der Waals surface area contributed by atoms with E-state index in [0.717, 1.165) is 28.3 Å². The van der Waals surface area contributed by atoms with Crippen LogP contribution >= 0.6 is 43.5 Å². The molecule has 1 amide bonds. The van der Waals surface area contributed by atoms with Crippen LogP contribution in [0.3, 0.4) is 0 Å². The van der Waals surface area contributed by atoms with Crippen molar-refractivity contribution in [2.75, 3.05) is 19.0 Å². The van der Waals surface area contributed by atoms with Gasteiger partial charge in [-0.1, -0.05) is 56.1 Å². The molecule has 0 unspecified atom stereocenters. The zero-order valence-electron chi connectivity index (χ0n) is 13.3. The van der Waals surface area contributed by atoms with E-state index in [1.165, 1.54) is 11.1 Å². The van der Waals surface area contributed by atoms with Crippen LogP contribution in [0.5, 0.6) is 0 Å². The lowest BCUT2D eigenvalue weighted by molar-refractivity contribution is -0.118. The van der Waals surface area contributed by atoms with E-state index in [9.17, 15) is 4.79 Å². The highest BCUT2D eigenvalue weighted by atomic mass is 79.9. The Morgan fingerprint density at radius 2 is 1.54 bits per heavy atom. The second-order valence-corrected chi connectivity index (χ2v) is 7.13. The molecule has 0 fully saturated rings. The molecule has 24 heavy (non-hydrogen) atoms. The molecular weight excluding hydrogens is 455 g/mol. The van der Waals surface area contributed by atoms with E-state index >= 15 is 0 Å². The summed E-state index contributed by atoms with van der Waals surface area (Å²) in [6.07, 6.45) is 1.78. The van der Waals surface area contributed by atoms with E-state index in [4.69, 9.17) is 17.3 Å². The SMILES string of the molecule is NCCc1cccc(Br)c1.O=C(CCl)NCCc1cccc(Br)c1. The second kappa shape index (κ2) is 12.5. The molecule has 2 aromatic carbocycles. The maximum atomic E-state index is 10.8. The van der Waals surface area contributed by atoms with Crippen molar-refractivity contribution >= 4 is 49.4 Å². The summed E-state index contributed by atoms with van der Waals surface area (Å²) in [7, 11) is 0. The molecular formula is C18H21Br2ClN2O. The molecule has 6 heteroatoms. The van der Waals surface area contributed by atoms with Crippen molar-refractivity contribution in [1.29, 1.82) is 0 Å².